The number of hydrogen-bond donors (Lipinski definition) is 2. The Morgan fingerprint density at radius 1 is 1.21 bits per heavy atom. The van der Waals surface area contributed by atoms with E-state index in [1.54, 1.807) is 6.92 Å². The van der Waals surface area contributed by atoms with Crippen molar-refractivity contribution in [1.29, 1.82) is 0 Å². The van der Waals surface area contributed by atoms with Gasteiger partial charge in [-0.25, -0.2) is 0 Å². The largest absolute Gasteiger partial charge is 0.393 e. The quantitative estimate of drug-likeness (QED) is 0.723. The van der Waals surface area contributed by atoms with Gasteiger partial charge in [-0.1, -0.05) is 25.5 Å². The van der Waals surface area contributed by atoms with Crippen molar-refractivity contribution in [2.24, 2.45) is 34.5 Å². The van der Waals surface area contributed by atoms with Crippen LogP contribution in [0, 0.1) is 34.5 Å². The highest BCUT2D eigenvalue weighted by molar-refractivity contribution is 5.79. The molecule has 4 aliphatic carbocycles. The lowest BCUT2D eigenvalue weighted by Crippen LogP contribution is -2.52. The monoisotopic (exact) mass is 332 g/mol. The lowest BCUT2D eigenvalue weighted by Gasteiger charge is -2.58. The highest BCUT2D eigenvalue weighted by Crippen LogP contribution is 2.66. The van der Waals surface area contributed by atoms with E-state index in [1.807, 2.05) is 0 Å². The van der Waals surface area contributed by atoms with E-state index in [4.69, 9.17) is 0 Å². The van der Waals surface area contributed by atoms with Crippen LogP contribution >= 0.6 is 0 Å². The lowest BCUT2D eigenvalue weighted by molar-refractivity contribution is -0.128. The molecule has 0 aliphatic heterocycles. The Balaban J connectivity index is 1.70. The first kappa shape index (κ1) is 16.8. The van der Waals surface area contributed by atoms with Crippen molar-refractivity contribution in [3.63, 3.8) is 0 Å². The molecule has 0 radical (unpaired) electrons. The number of hydrogen-bond acceptors (Lipinski definition) is 3. The summed E-state index contributed by atoms with van der Waals surface area (Å²) in [6, 6.07) is 0. The minimum Gasteiger partial charge on any atom is -0.393 e. The van der Waals surface area contributed by atoms with Crippen molar-refractivity contribution in [3.05, 3.63) is 11.6 Å². The number of ketones is 1. The maximum atomic E-state index is 12.2. The first-order chi connectivity index (χ1) is 11.3. The fraction of sp³-hybridized carbons (Fsp3) is 0.857. The Kier molecular flexibility index (Phi) is 3.78. The fourth-order valence-electron chi connectivity index (χ4n) is 7.34. The zero-order valence-electron chi connectivity index (χ0n) is 15.3. The maximum Gasteiger partial charge on any atom is 0.133 e. The highest BCUT2D eigenvalue weighted by Gasteiger charge is 2.62. The van der Waals surface area contributed by atoms with Gasteiger partial charge >= 0.3 is 0 Å². The smallest absolute Gasteiger partial charge is 0.133 e. The summed E-state index contributed by atoms with van der Waals surface area (Å²) < 4.78 is 0. The topological polar surface area (TPSA) is 57.5 Å². The molecule has 0 heterocycles. The van der Waals surface area contributed by atoms with E-state index >= 15 is 0 Å². The molecule has 3 heteroatoms. The molecule has 134 valence electrons. The van der Waals surface area contributed by atoms with E-state index in [-0.39, 0.29) is 40.7 Å². The second-order valence-corrected chi connectivity index (χ2v) is 9.59. The highest BCUT2D eigenvalue weighted by atomic mass is 16.3. The molecule has 4 rings (SSSR count). The van der Waals surface area contributed by atoms with E-state index in [0.29, 0.717) is 18.3 Å². The van der Waals surface area contributed by atoms with Gasteiger partial charge in [0, 0.05) is 5.92 Å². The SMILES string of the molecule is CC(=O)[C@H]1C[C@@H](O)[C@H]2[C@@H]3CC=C4C[C@@H](O)CC[C@]4(C)[C@H]3CC[C@@]21C. The van der Waals surface area contributed by atoms with E-state index < -0.39 is 0 Å². The predicted octanol–water partition coefficient (Wildman–Crippen LogP) is 3.49. The minimum atomic E-state index is -0.329. The van der Waals surface area contributed by atoms with Crippen molar-refractivity contribution in [3.8, 4) is 0 Å². The van der Waals surface area contributed by atoms with Crippen molar-refractivity contribution >= 4 is 5.78 Å². The average molecular weight is 332 g/mol. The molecule has 0 aromatic rings. The molecule has 3 nitrogen and oxygen atoms in total. The number of carbonyl (C=O) groups excluding carboxylic acids is 1. The second kappa shape index (κ2) is 5.41. The summed E-state index contributed by atoms with van der Waals surface area (Å²) in [5.41, 5.74) is 1.63. The number of carbonyl (C=O) groups is 1. The molecule has 0 aromatic heterocycles. The molecular formula is C21H32O3. The molecule has 0 amide bonds. The van der Waals surface area contributed by atoms with Gasteiger partial charge in [-0.05, 0) is 80.5 Å². The van der Waals surface area contributed by atoms with Crippen LogP contribution in [-0.4, -0.2) is 28.2 Å². The molecule has 8 atom stereocenters. The first-order valence-corrected chi connectivity index (χ1v) is 9.83. The summed E-state index contributed by atoms with van der Waals surface area (Å²) in [6.07, 6.45) is 8.58. The van der Waals surface area contributed by atoms with Gasteiger partial charge < -0.3 is 10.2 Å². The number of Topliss-reactive ketones (excluding diaryl/α,β-unsaturated/α-hetero) is 1. The van der Waals surface area contributed by atoms with Gasteiger partial charge in [0.25, 0.3) is 0 Å². The summed E-state index contributed by atoms with van der Waals surface area (Å²) in [5.74, 6) is 1.64. The third-order valence-electron chi connectivity index (χ3n) is 8.55. The number of rotatable bonds is 1. The molecule has 0 unspecified atom stereocenters. The van der Waals surface area contributed by atoms with Crippen LogP contribution in [0.25, 0.3) is 0 Å². The van der Waals surface area contributed by atoms with E-state index in [0.717, 1.165) is 38.5 Å². The van der Waals surface area contributed by atoms with Gasteiger partial charge in [-0.15, -0.1) is 0 Å². The second-order valence-electron chi connectivity index (χ2n) is 9.59. The van der Waals surface area contributed by atoms with Gasteiger partial charge in [-0.3, -0.25) is 4.79 Å². The van der Waals surface area contributed by atoms with Crippen LogP contribution in [0.15, 0.2) is 11.6 Å². The van der Waals surface area contributed by atoms with Crippen molar-refractivity contribution < 1.29 is 15.0 Å². The van der Waals surface area contributed by atoms with Crippen molar-refractivity contribution in [1.82, 2.24) is 0 Å². The third kappa shape index (κ3) is 2.13. The zero-order valence-corrected chi connectivity index (χ0v) is 15.3. The predicted molar refractivity (Wildman–Crippen MR) is 93.3 cm³/mol. The Morgan fingerprint density at radius 2 is 1.96 bits per heavy atom. The molecule has 0 spiro atoms. The van der Waals surface area contributed by atoms with E-state index in [1.165, 1.54) is 5.57 Å². The van der Waals surface area contributed by atoms with Crippen LogP contribution in [-0.2, 0) is 4.79 Å². The molecule has 24 heavy (non-hydrogen) atoms. The van der Waals surface area contributed by atoms with Gasteiger partial charge in [-0.2, -0.15) is 0 Å². The number of aliphatic hydroxyl groups is 2. The van der Waals surface area contributed by atoms with Gasteiger partial charge in [0.1, 0.15) is 5.78 Å². The Morgan fingerprint density at radius 3 is 2.67 bits per heavy atom. The summed E-state index contributed by atoms with van der Waals surface area (Å²) in [5, 5.41) is 20.9. The van der Waals surface area contributed by atoms with Gasteiger partial charge in [0.2, 0.25) is 0 Å². The summed E-state index contributed by atoms with van der Waals surface area (Å²) >= 11 is 0. The van der Waals surface area contributed by atoms with Crippen LogP contribution in [0.2, 0.25) is 0 Å². The molecule has 4 aliphatic rings. The Bertz CT molecular complexity index is 582. The van der Waals surface area contributed by atoms with Gasteiger partial charge in [0.05, 0.1) is 12.2 Å². The van der Waals surface area contributed by atoms with Crippen molar-refractivity contribution in [2.75, 3.05) is 0 Å². The van der Waals surface area contributed by atoms with Crippen LogP contribution in [0.4, 0.5) is 0 Å². The number of allylic oxidation sites excluding steroid dienone is 1. The van der Waals surface area contributed by atoms with Crippen LogP contribution in [0.3, 0.4) is 0 Å². The van der Waals surface area contributed by atoms with E-state index in [9.17, 15) is 15.0 Å². The van der Waals surface area contributed by atoms with Crippen LogP contribution < -0.4 is 0 Å². The maximum absolute atomic E-state index is 12.2. The number of aliphatic hydroxyl groups excluding tert-OH is 2. The molecule has 3 fully saturated rings. The number of fused-ring (bicyclic) bond motifs is 5. The lowest BCUT2D eigenvalue weighted by atomic mass is 9.47. The first-order valence-electron chi connectivity index (χ1n) is 9.83. The Labute approximate surface area is 145 Å². The zero-order chi connectivity index (χ0) is 17.3. The van der Waals surface area contributed by atoms with Gasteiger partial charge in [0.15, 0.2) is 0 Å². The summed E-state index contributed by atoms with van der Waals surface area (Å²) in [4.78, 5) is 12.2. The van der Waals surface area contributed by atoms with Crippen LogP contribution in [0.5, 0.6) is 0 Å². The Hall–Kier alpha value is -0.670. The summed E-state index contributed by atoms with van der Waals surface area (Å²) in [6.45, 7) is 6.37. The average Bonchev–Trinajstić information content (AvgIpc) is 2.80. The molecule has 3 saturated carbocycles. The molecule has 0 bridgehead atoms. The molecular weight excluding hydrogens is 300 g/mol. The summed E-state index contributed by atoms with van der Waals surface area (Å²) in [7, 11) is 0. The molecule has 2 N–H and O–H groups in total. The van der Waals surface area contributed by atoms with E-state index in [2.05, 4.69) is 19.9 Å². The van der Waals surface area contributed by atoms with Crippen LogP contribution in [0.1, 0.15) is 65.7 Å². The fourth-order valence-corrected chi connectivity index (χ4v) is 7.34. The third-order valence-corrected chi connectivity index (χ3v) is 8.55. The molecule has 0 aromatic carbocycles. The normalized spacial score (nSPS) is 53.6. The minimum absolute atomic E-state index is 0.0255. The standard InChI is InChI=1S/C21H32O3/c1-12(22)17-11-18(24)19-15-5-4-13-10-14(23)6-8-20(13,2)16(15)7-9-21(17,19)3/h4,14-19,23-24H,5-11H2,1-3H3/t14-,15+,16-,17+,18+,19+,20-,21+/m0/s1. The van der Waals surface area contributed by atoms with Crippen molar-refractivity contribution in [2.45, 2.75) is 77.9 Å². The molecule has 0 saturated heterocycles.